The second kappa shape index (κ2) is 7.65. The Hall–Kier alpha value is -3.48. The lowest BCUT2D eigenvalue weighted by atomic mass is 9.74. The number of nitrogens with one attached hydrogen (secondary N) is 2. The average Bonchev–Trinajstić information content (AvgIpc) is 3.09. The molecule has 1 aliphatic rings. The molecule has 4 aromatic rings. The summed E-state index contributed by atoms with van der Waals surface area (Å²) < 4.78 is 1.75. The summed E-state index contributed by atoms with van der Waals surface area (Å²) in [6.45, 7) is 2.15. The number of hydrogen-bond acceptors (Lipinski definition) is 4. The van der Waals surface area contributed by atoms with Crippen LogP contribution in [0.4, 0.5) is 0 Å². The minimum Gasteiger partial charge on any atom is -0.348 e. The molecular weight excluding hydrogens is 390 g/mol. The standard InChI is InChI=1S/C24H25N5O2/c1-14(21-17-7-3-4-8-18(17)23(30)27-26-21)11-15-12-16(13-15)25-24(31)22-19-9-5-6-10-20(19)29(2)28-22/h3-10,14-16H,11-13H2,1-2H3,(H,25,31)(H,27,30)/t14-,15?,16?/m0/s1. The molecule has 31 heavy (non-hydrogen) atoms. The summed E-state index contributed by atoms with van der Waals surface area (Å²) in [5, 5.41) is 17.0. The molecule has 7 nitrogen and oxygen atoms in total. The molecule has 7 heteroatoms. The number of amides is 1. The van der Waals surface area contributed by atoms with E-state index < -0.39 is 0 Å². The summed E-state index contributed by atoms with van der Waals surface area (Å²) in [4.78, 5) is 24.8. The number of rotatable bonds is 5. The molecule has 2 aromatic heterocycles. The average molecular weight is 415 g/mol. The number of hydrogen-bond donors (Lipinski definition) is 2. The van der Waals surface area contributed by atoms with E-state index in [-0.39, 0.29) is 23.4 Å². The zero-order valence-electron chi connectivity index (χ0n) is 17.6. The highest BCUT2D eigenvalue weighted by molar-refractivity contribution is 6.05. The van der Waals surface area contributed by atoms with Crippen molar-refractivity contribution in [2.24, 2.45) is 13.0 Å². The number of aromatic nitrogens is 4. The zero-order chi connectivity index (χ0) is 21.5. The van der Waals surface area contributed by atoms with E-state index in [2.05, 4.69) is 27.5 Å². The number of para-hydroxylation sites is 1. The lowest BCUT2D eigenvalue weighted by Gasteiger charge is -2.37. The highest BCUT2D eigenvalue weighted by Crippen LogP contribution is 2.37. The van der Waals surface area contributed by atoms with E-state index in [0.29, 0.717) is 17.0 Å². The second-order valence-electron chi connectivity index (χ2n) is 8.62. The van der Waals surface area contributed by atoms with Crippen molar-refractivity contribution in [3.05, 3.63) is 70.3 Å². The molecule has 2 aromatic carbocycles. The van der Waals surface area contributed by atoms with Gasteiger partial charge in [-0.1, -0.05) is 43.3 Å². The molecule has 0 aliphatic heterocycles. The van der Waals surface area contributed by atoms with Gasteiger partial charge in [0, 0.05) is 29.8 Å². The highest BCUT2D eigenvalue weighted by Gasteiger charge is 2.33. The third-order valence-electron chi connectivity index (χ3n) is 6.42. The molecule has 5 rings (SSSR count). The van der Waals surface area contributed by atoms with E-state index in [1.54, 1.807) is 4.68 Å². The second-order valence-corrected chi connectivity index (χ2v) is 8.62. The van der Waals surface area contributed by atoms with Crippen LogP contribution in [-0.2, 0) is 7.05 Å². The SMILES string of the molecule is C[C@@H](CC1CC(NC(=O)c2nn(C)c3ccccc23)C1)c1n[nH]c(=O)c2ccccc12. The zero-order valence-corrected chi connectivity index (χ0v) is 17.6. The molecule has 1 fully saturated rings. The van der Waals surface area contributed by atoms with Crippen LogP contribution in [0.1, 0.15) is 48.3 Å². The van der Waals surface area contributed by atoms with E-state index in [0.717, 1.165) is 41.2 Å². The first-order chi connectivity index (χ1) is 15.0. The lowest BCUT2D eigenvalue weighted by Crippen LogP contribution is -2.44. The van der Waals surface area contributed by atoms with Crippen molar-refractivity contribution in [3.63, 3.8) is 0 Å². The van der Waals surface area contributed by atoms with E-state index >= 15 is 0 Å². The molecule has 0 saturated heterocycles. The molecule has 1 aliphatic carbocycles. The minimum absolute atomic E-state index is 0.110. The maximum atomic E-state index is 12.8. The Morgan fingerprint density at radius 1 is 1.13 bits per heavy atom. The quantitative estimate of drug-likeness (QED) is 0.522. The third-order valence-corrected chi connectivity index (χ3v) is 6.42. The van der Waals surface area contributed by atoms with Crippen LogP contribution in [0.25, 0.3) is 21.7 Å². The van der Waals surface area contributed by atoms with Crippen LogP contribution in [-0.4, -0.2) is 31.9 Å². The normalized spacial score (nSPS) is 19.3. The first-order valence-corrected chi connectivity index (χ1v) is 10.7. The molecule has 1 atom stereocenters. The fraction of sp³-hybridized carbons (Fsp3) is 0.333. The summed E-state index contributed by atoms with van der Waals surface area (Å²) in [7, 11) is 1.86. The number of H-pyrrole nitrogens is 1. The van der Waals surface area contributed by atoms with Crippen LogP contribution in [0.2, 0.25) is 0 Å². The van der Waals surface area contributed by atoms with Gasteiger partial charge in [-0.05, 0) is 37.3 Å². The number of carbonyl (C=O) groups is 1. The molecule has 2 heterocycles. The van der Waals surface area contributed by atoms with Gasteiger partial charge >= 0.3 is 0 Å². The van der Waals surface area contributed by atoms with Gasteiger partial charge in [-0.2, -0.15) is 10.2 Å². The van der Waals surface area contributed by atoms with Gasteiger partial charge in [-0.3, -0.25) is 14.3 Å². The Morgan fingerprint density at radius 3 is 2.58 bits per heavy atom. The fourth-order valence-electron chi connectivity index (χ4n) is 4.80. The molecule has 0 radical (unpaired) electrons. The smallest absolute Gasteiger partial charge is 0.272 e. The highest BCUT2D eigenvalue weighted by atomic mass is 16.2. The van der Waals surface area contributed by atoms with E-state index in [9.17, 15) is 9.59 Å². The summed E-state index contributed by atoms with van der Waals surface area (Å²) in [5.74, 6) is 0.637. The van der Waals surface area contributed by atoms with Gasteiger partial charge in [0.05, 0.1) is 16.6 Å². The van der Waals surface area contributed by atoms with Gasteiger partial charge in [0.25, 0.3) is 11.5 Å². The topological polar surface area (TPSA) is 92.7 Å². The van der Waals surface area contributed by atoms with Crippen LogP contribution in [0, 0.1) is 5.92 Å². The predicted molar refractivity (Wildman–Crippen MR) is 120 cm³/mol. The van der Waals surface area contributed by atoms with Crippen molar-refractivity contribution in [3.8, 4) is 0 Å². The van der Waals surface area contributed by atoms with Crippen LogP contribution < -0.4 is 10.9 Å². The molecule has 158 valence electrons. The van der Waals surface area contributed by atoms with Gasteiger partial charge in [-0.15, -0.1) is 0 Å². The number of carbonyl (C=O) groups excluding carboxylic acids is 1. The number of benzene rings is 2. The van der Waals surface area contributed by atoms with Crippen molar-refractivity contribution in [2.75, 3.05) is 0 Å². The van der Waals surface area contributed by atoms with E-state index in [1.165, 1.54) is 0 Å². The first kappa shape index (κ1) is 19.5. The van der Waals surface area contributed by atoms with Gasteiger partial charge in [-0.25, -0.2) is 5.10 Å². The molecule has 0 bridgehead atoms. The molecule has 1 saturated carbocycles. The van der Waals surface area contributed by atoms with Crippen molar-refractivity contribution >= 4 is 27.6 Å². The number of aromatic amines is 1. The van der Waals surface area contributed by atoms with Crippen molar-refractivity contribution in [2.45, 2.75) is 38.1 Å². The molecule has 0 spiro atoms. The van der Waals surface area contributed by atoms with Gasteiger partial charge in [0.1, 0.15) is 0 Å². The van der Waals surface area contributed by atoms with Gasteiger partial charge < -0.3 is 5.32 Å². The van der Waals surface area contributed by atoms with Crippen LogP contribution >= 0.6 is 0 Å². The van der Waals surface area contributed by atoms with Gasteiger partial charge in [0.2, 0.25) is 0 Å². The molecular formula is C24H25N5O2. The number of fused-ring (bicyclic) bond motifs is 2. The van der Waals surface area contributed by atoms with E-state index in [1.807, 2.05) is 55.6 Å². The van der Waals surface area contributed by atoms with E-state index in [4.69, 9.17) is 0 Å². The maximum absolute atomic E-state index is 12.8. The summed E-state index contributed by atoms with van der Waals surface area (Å²) >= 11 is 0. The molecule has 1 amide bonds. The summed E-state index contributed by atoms with van der Waals surface area (Å²) in [5.41, 5.74) is 2.22. The number of nitrogens with zero attached hydrogens (tertiary/aromatic N) is 3. The Labute approximate surface area is 179 Å². The van der Waals surface area contributed by atoms with Crippen LogP contribution in [0.5, 0.6) is 0 Å². The van der Waals surface area contributed by atoms with Crippen LogP contribution in [0.3, 0.4) is 0 Å². The van der Waals surface area contributed by atoms with Crippen molar-refractivity contribution < 1.29 is 4.79 Å². The fourth-order valence-corrected chi connectivity index (χ4v) is 4.80. The Kier molecular flexibility index (Phi) is 4.81. The Balaban J connectivity index is 1.22. The first-order valence-electron chi connectivity index (χ1n) is 10.7. The monoisotopic (exact) mass is 415 g/mol. The largest absolute Gasteiger partial charge is 0.348 e. The summed E-state index contributed by atoms with van der Waals surface area (Å²) in [6, 6.07) is 15.6. The van der Waals surface area contributed by atoms with Crippen molar-refractivity contribution in [1.82, 2.24) is 25.3 Å². The lowest BCUT2D eigenvalue weighted by molar-refractivity contribution is 0.0878. The van der Waals surface area contributed by atoms with Crippen molar-refractivity contribution in [1.29, 1.82) is 0 Å². The minimum atomic E-state index is -0.153. The number of aryl methyl sites for hydroxylation is 1. The Bertz CT molecular complexity index is 1330. The molecule has 0 unspecified atom stereocenters. The third kappa shape index (κ3) is 3.50. The van der Waals surface area contributed by atoms with Gasteiger partial charge in [0.15, 0.2) is 5.69 Å². The molecule has 2 N–H and O–H groups in total. The maximum Gasteiger partial charge on any atom is 0.272 e. The van der Waals surface area contributed by atoms with Crippen LogP contribution in [0.15, 0.2) is 53.3 Å². The Morgan fingerprint density at radius 2 is 1.81 bits per heavy atom. The summed E-state index contributed by atoms with van der Waals surface area (Å²) in [6.07, 6.45) is 2.87. The predicted octanol–water partition coefficient (Wildman–Crippen LogP) is 3.51.